The second-order valence-electron chi connectivity index (χ2n) is 13.5. The summed E-state index contributed by atoms with van der Waals surface area (Å²) >= 11 is 0. The maximum atomic E-state index is 9.33. The van der Waals surface area contributed by atoms with E-state index in [2.05, 4.69) is 98.4 Å². The number of nitrogens with one attached hydrogen (secondary N) is 1. The molecule has 1 N–H and O–H groups in total. The molecule has 6 heteroatoms. The average molecular weight is 647 g/mol. The Labute approximate surface area is 291 Å². The Balaban J connectivity index is 0.000000789. The van der Waals surface area contributed by atoms with Gasteiger partial charge < -0.3 is 10.2 Å². The molecular formula is C42H58N6. The Hall–Kier alpha value is -3.97. The predicted octanol–water partition coefficient (Wildman–Crippen LogP) is 10.1. The zero-order chi connectivity index (χ0) is 34.7. The normalized spacial score (nSPS) is 17.2. The lowest BCUT2D eigenvalue weighted by Crippen LogP contribution is -2.43. The molecule has 0 unspecified atom stereocenters. The first-order valence-corrected chi connectivity index (χ1v) is 18.1. The third-order valence-electron chi connectivity index (χ3n) is 9.16. The minimum atomic E-state index is 0.440. The van der Waals surface area contributed by atoms with E-state index < -0.39 is 0 Å². The topological polar surface area (TPSA) is 78.4 Å². The number of rotatable bonds is 11. The fourth-order valence-corrected chi connectivity index (χ4v) is 6.12. The van der Waals surface area contributed by atoms with Crippen LogP contribution >= 0.6 is 0 Å². The van der Waals surface area contributed by atoms with Crippen LogP contribution in [0.3, 0.4) is 0 Å². The van der Waals surface area contributed by atoms with Crippen molar-refractivity contribution in [3.05, 3.63) is 94.2 Å². The summed E-state index contributed by atoms with van der Waals surface area (Å²) in [7, 11) is 2.19. The molecule has 2 fully saturated rings. The summed E-state index contributed by atoms with van der Waals surface area (Å²) in [6, 6.07) is 18.3. The highest BCUT2D eigenvalue weighted by molar-refractivity contribution is 5.94. The minimum Gasteiger partial charge on any atom is -0.344 e. The van der Waals surface area contributed by atoms with E-state index in [9.17, 15) is 10.5 Å². The van der Waals surface area contributed by atoms with Gasteiger partial charge in [0.15, 0.2) is 0 Å². The van der Waals surface area contributed by atoms with Crippen molar-refractivity contribution in [2.75, 3.05) is 38.5 Å². The van der Waals surface area contributed by atoms with Crippen molar-refractivity contribution >= 4 is 17.1 Å². The molecule has 0 spiro atoms. The van der Waals surface area contributed by atoms with Gasteiger partial charge in [-0.3, -0.25) is 4.90 Å². The van der Waals surface area contributed by atoms with Crippen LogP contribution in [0, 0.1) is 28.6 Å². The summed E-state index contributed by atoms with van der Waals surface area (Å²) in [5.74, 6) is 1.72. The fourth-order valence-electron chi connectivity index (χ4n) is 6.12. The fraction of sp³-hybridized carbons (Fsp3) is 0.500. The highest BCUT2D eigenvalue weighted by Crippen LogP contribution is 2.31. The largest absolute Gasteiger partial charge is 0.344 e. The average Bonchev–Trinajstić information content (AvgIpc) is 3.10. The van der Waals surface area contributed by atoms with Crippen LogP contribution in [0.25, 0.3) is 5.57 Å². The van der Waals surface area contributed by atoms with Crippen molar-refractivity contribution in [2.45, 2.75) is 99.0 Å². The molecule has 1 heterocycles. The Bertz CT molecular complexity index is 1450. The van der Waals surface area contributed by atoms with Crippen molar-refractivity contribution in [1.29, 1.82) is 10.5 Å². The number of likely N-dealkylation sites (N-methyl/N-ethyl adjacent to an activating group) is 1. The van der Waals surface area contributed by atoms with Gasteiger partial charge in [0.25, 0.3) is 0 Å². The van der Waals surface area contributed by atoms with Gasteiger partial charge in [-0.25, -0.2) is 4.99 Å². The van der Waals surface area contributed by atoms with Crippen LogP contribution in [-0.4, -0.2) is 48.9 Å². The number of nitrogens with zero attached hydrogens (tertiary/aromatic N) is 5. The number of hydrogen-bond donors (Lipinski definition) is 1. The van der Waals surface area contributed by atoms with Gasteiger partial charge in [0.1, 0.15) is 5.84 Å². The summed E-state index contributed by atoms with van der Waals surface area (Å²) in [6.07, 6.45) is 18.1. The number of benzene rings is 2. The quantitative estimate of drug-likeness (QED) is 0.149. The van der Waals surface area contributed by atoms with Crippen LogP contribution < -0.4 is 5.32 Å². The van der Waals surface area contributed by atoms with Gasteiger partial charge in [-0.2, -0.15) is 10.5 Å². The van der Waals surface area contributed by atoms with E-state index in [4.69, 9.17) is 4.99 Å². The Morgan fingerprint density at radius 3 is 2.02 bits per heavy atom. The smallest absolute Gasteiger partial charge is 0.103 e. The van der Waals surface area contributed by atoms with E-state index in [-0.39, 0.29) is 0 Å². The lowest BCUT2D eigenvalue weighted by Gasteiger charge is -2.32. The van der Waals surface area contributed by atoms with Crippen LogP contribution in [0.15, 0.2) is 77.0 Å². The van der Waals surface area contributed by atoms with Gasteiger partial charge in [0.2, 0.25) is 0 Å². The first-order chi connectivity index (χ1) is 23.3. The lowest BCUT2D eigenvalue weighted by molar-refractivity contribution is 0.148. The Morgan fingerprint density at radius 2 is 1.48 bits per heavy atom. The van der Waals surface area contributed by atoms with E-state index in [1.165, 1.54) is 54.4 Å². The Kier molecular flexibility index (Phi) is 16.9. The summed E-state index contributed by atoms with van der Waals surface area (Å²) in [6.45, 7) is 16.3. The van der Waals surface area contributed by atoms with Crippen molar-refractivity contribution in [1.82, 2.24) is 9.80 Å². The maximum absolute atomic E-state index is 9.33. The second kappa shape index (κ2) is 21.1. The molecule has 0 radical (unpaired) electrons. The van der Waals surface area contributed by atoms with Gasteiger partial charge in [0, 0.05) is 50.2 Å². The molecule has 1 saturated carbocycles. The molecule has 1 aliphatic heterocycles. The van der Waals surface area contributed by atoms with Crippen molar-refractivity contribution in [3.63, 3.8) is 0 Å². The number of aliphatic imine (C=N–C) groups is 1. The van der Waals surface area contributed by atoms with Crippen LogP contribution in [0.5, 0.6) is 0 Å². The van der Waals surface area contributed by atoms with Gasteiger partial charge in [0.05, 0.1) is 23.3 Å². The standard InChI is InChI=1S/C35H44N6.C7H14/c1-6-8-10-27(3)35(25-38-28(4)39-33-21-30(23-36)20-31(22-33)24-37)34(11-9-7-2)32-14-12-29(13-15-32)26-41-18-16-40(5)17-19-41;1-7-5-3-2-4-6-7/h10-15,20-22,25H,6-9,16-19,26H2,1-5H3,(H,38,39);7H,2-6H2,1H3/b27-10+,34-11-,35-25+;. The molecule has 2 aromatic carbocycles. The van der Waals surface area contributed by atoms with Gasteiger partial charge in [-0.15, -0.1) is 0 Å². The number of anilines is 1. The monoisotopic (exact) mass is 646 g/mol. The molecule has 0 bridgehead atoms. The number of unbranched alkanes of at least 4 members (excludes halogenated alkanes) is 2. The third kappa shape index (κ3) is 13.3. The molecule has 4 rings (SSSR count). The summed E-state index contributed by atoms with van der Waals surface area (Å²) in [5, 5.41) is 21.9. The molecule has 2 aromatic rings. The maximum Gasteiger partial charge on any atom is 0.103 e. The first kappa shape index (κ1) is 38.5. The molecule has 256 valence electrons. The summed E-state index contributed by atoms with van der Waals surface area (Å²) < 4.78 is 0. The third-order valence-corrected chi connectivity index (χ3v) is 9.16. The Morgan fingerprint density at radius 1 is 0.875 bits per heavy atom. The van der Waals surface area contributed by atoms with Gasteiger partial charge in [-0.1, -0.05) is 102 Å². The summed E-state index contributed by atoms with van der Waals surface area (Å²) in [5.41, 5.74) is 7.58. The molecule has 48 heavy (non-hydrogen) atoms. The van der Waals surface area contributed by atoms with Gasteiger partial charge in [-0.05, 0) is 80.1 Å². The number of allylic oxidation sites excluding steroid dienone is 5. The van der Waals surface area contributed by atoms with Crippen LogP contribution in [0.2, 0.25) is 0 Å². The highest BCUT2D eigenvalue weighted by Gasteiger charge is 2.15. The zero-order valence-electron chi connectivity index (χ0n) is 30.5. The number of hydrogen-bond acceptors (Lipinski definition) is 5. The van der Waals surface area contributed by atoms with E-state index in [1.54, 1.807) is 18.2 Å². The van der Waals surface area contributed by atoms with Crippen LogP contribution in [0.4, 0.5) is 5.69 Å². The van der Waals surface area contributed by atoms with E-state index in [0.717, 1.165) is 69.9 Å². The molecule has 1 aliphatic carbocycles. The van der Waals surface area contributed by atoms with E-state index in [1.807, 2.05) is 13.1 Å². The van der Waals surface area contributed by atoms with Crippen molar-refractivity contribution < 1.29 is 0 Å². The van der Waals surface area contributed by atoms with E-state index >= 15 is 0 Å². The molecule has 2 aliphatic rings. The predicted molar refractivity (Wildman–Crippen MR) is 204 cm³/mol. The van der Waals surface area contributed by atoms with Gasteiger partial charge >= 0.3 is 0 Å². The number of amidine groups is 1. The first-order valence-electron chi connectivity index (χ1n) is 18.1. The minimum absolute atomic E-state index is 0.440. The SMILES string of the molecule is CC1CCCCC1.CCC\C=C(C(=C/N=C(C)Nc1cc(C#N)cc(C#N)c1)/C(C)=C/CCC)\c1ccc(CN2CCN(C)CC2)cc1. The number of nitriles is 2. The van der Waals surface area contributed by atoms with Crippen LogP contribution in [-0.2, 0) is 6.54 Å². The second-order valence-corrected chi connectivity index (χ2v) is 13.5. The molecule has 1 saturated heterocycles. The molecule has 6 nitrogen and oxygen atoms in total. The lowest BCUT2D eigenvalue weighted by atomic mass is 9.91. The summed E-state index contributed by atoms with van der Waals surface area (Å²) in [4.78, 5) is 9.72. The van der Waals surface area contributed by atoms with Crippen molar-refractivity contribution in [2.24, 2.45) is 10.9 Å². The van der Waals surface area contributed by atoms with E-state index in [0.29, 0.717) is 22.6 Å². The van der Waals surface area contributed by atoms with Crippen LogP contribution in [0.1, 0.15) is 115 Å². The molecule has 0 atom stereocenters. The van der Waals surface area contributed by atoms with Crippen molar-refractivity contribution in [3.8, 4) is 12.1 Å². The molecule has 0 amide bonds. The highest BCUT2D eigenvalue weighted by atomic mass is 15.2. The zero-order valence-corrected chi connectivity index (χ0v) is 30.5. The molecule has 0 aromatic heterocycles. The number of piperazine rings is 1. The molecular weight excluding hydrogens is 589 g/mol.